The molecule has 15 rings (SSSR count). The highest BCUT2D eigenvalue weighted by molar-refractivity contribution is 6.28. The van der Waals surface area contributed by atoms with Crippen molar-refractivity contribution in [2.45, 2.75) is 0 Å². The van der Waals surface area contributed by atoms with Crippen molar-refractivity contribution in [3.8, 4) is 55.9 Å². The van der Waals surface area contributed by atoms with E-state index in [4.69, 9.17) is 0 Å². The Balaban J connectivity index is 1.11. The predicted octanol–water partition coefficient (Wildman–Crippen LogP) is 19.2. The molecule has 0 aliphatic carbocycles. The fourth-order valence-corrected chi connectivity index (χ4v) is 12.3. The summed E-state index contributed by atoms with van der Waals surface area (Å²) in [7, 11) is 0. The van der Waals surface area contributed by atoms with E-state index in [2.05, 4.69) is 276 Å². The first-order valence-electron chi connectivity index (χ1n) is 24.9. The molecular weight excluding hydrogens is 869 g/mol. The topological polar surface area (TPSA) is 9.86 Å². The SMILES string of the molecule is c1ccc(-c2ccccc2-c2c3cccc(-c4cccc5c6c7ccccc7ccc6n(-c6ccccc6)c45)c3cc3c(-c4cccc5c6c7ccccc7ccc6n(-c6ccccc6)c45)cccc23)cc1. The second kappa shape index (κ2) is 16.0. The number of rotatable bonds is 6. The maximum absolute atomic E-state index is 2.51. The Hall–Kier alpha value is -9.50. The summed E-state index contributed by atoms with van der Waals surface area (Å²) in [6, 6.07) is 98.8. The van der Waals surface area contributed by atoms with Gasteiger partial charge >= 0.3 is 0 Å². The van der Waals surface area contributed by atoms with E-state index in [9.17, 15) is 0 Å². The minimum atomic E-state index is 1.14. The summed E-state index contributed by atoms with van der Waals surface area (Å²) in [5, 5.41) is 14.9. The largest absolute Gasteiger partial charge is 0.309 e. The Morgan fingerprint density at radius 2 is 0.597 bits per heavy atom. The Labute approximate surface area is 416 Å². The Morgan fingerprint density at radius 1 is 0.222 bits per heavy atom. The summed E-state index contributed by atoms with van der Waals surface area (Å²) in [5.41, 5.74) is 16.7. The zero-order chi connectivity index (χ0) is 47.3. The van der Waals surface area contributed by atoms with Crippen molar-refractivity contribution in [1.29, 1.82) is 0 Å². The quantitative estimate of drug-likeness (QED) is 0.147. The number of benzene rings is 13. The van der Waals surface area contributed by atoms with Crippen LogP contribution >= 0.6 is 0 Å². The monoisotopic (exact) mass is 912 g/mol. The Morgan fingerprint density at radius 3 is 1.10 bits per heavy atom. The fraction of sp³-hybridized carbons (Fsp3) is 0. The molecule has 2 heteroatoms. The molecule has 72 heavy (non-hydrogen) atoms. The van der Waals surface area contributed by atoms with Crippen LogP contribution in [0.4, 0.5) is 0 Å². The second-order valence-electron chi connectivity index (χ2n) is 19.1. The lowest BCUT2D eigenvalue weighted by atomic mass is 9.84. The number of fused-ring (bicyclic) bond motifs is 12. The van der Waals surface area contributed by atoms with Crippen LogP contribution in [-0.2, 0) is 0 Å². The van der Waals surface area contributed by atoms with E-state index in [0.29, 0.717) is 0 Å². The van der Waals surface area contributed by atoms with Gasteiger partial charge < -0.3 is 9.13 Å². The molecule has 2 nitrogen and oxygen atoms in total. The summed E-state index contributed by atoms with van der Waals surface area (Å²) in [6.45, 7) is 0. The molecule has 2 aromatic heterocycles. The van der Waals surface area contributed by atoms with Gasteiger partial charge in [-0.3, -0.25) is 0 Å². The molecule has 0 aliphatic heterocycles. The summed E-state index contributed by atoms with van der Waals surface area (Å²) >= 11 is 0. The highest BCUT2D eigenvalue weighted by atomic mass is 15.0. The third-order valence-electron chi connectivity index (χ3n) is 15.3. The molecular formula is C70H44N2. The van der Waals surface area contributed by atoms with Gasteiger partial charge in [0.15, 0.2) is 0 Å². The summed E-state index contributed by atoms with van der Waals surface area (Å²) in [5.74, 6) is 0. The van der Waals surface area contributed by atoms with E-state index in [0.717, 1.165) is 11.4 Å². The molecule has 2 heterocycles. The van der Waals surface area contributed by atoms with Crippen molar-refractivity contribution in [3.05, 3.63) is 267 Å². The van der Waals surface area contributed by atoms with Gasteiger partial charge in [0.2, 0.25) is 0 Å². The van der Waals surface area contributed by atoms with Gasteiger partial charge in [-0.1, -0.05) is 224 Å². The van der Waals surface area contributed by atoms with Crippen LogP contribution in [0.3, 0.4) is 0 Å². The van der Waals surface area contributed by atoms with E-state index in [-0.39, 0.29) is 0 Å². The van der Waals surface area contributed by atoms with E-state index in [1.807, 2.05) is 0 Å². The fourth-order valence-electron chi connectivity index (χ4n) is 12.3. The zero-order valence-corrected chi connectivity index (χ0v) is 39.3. The van der Waals surface area contributed by atoms with Crippen molar-refractivity contribution in [2.75, 3.05) is 0 Å². The standard InChI is InChI=1S/C70H44N2/c1-4-20-45(21-5-1)50-28-14-15-31-55(50)66-56-34-16-32-53(58-36-18-38-60-67-51-29-12-10-22-46(51)40-42-64(67)71(69(58)60)48-24-6-2-7-25-48)62(56)44-63-54(33-17-35-57(63)66)59-37-19-39-61-68-52-30-13-11-23-47(52)41-43-65(68)72(70(59)61)49-26-8-3-9-27-49/h1-44H. The molecule has 0 aliphatic rings. The summed E-state index contributed by atoms with van der Waals surface area (Å²) in [6.07, 6.45) is 0. The van der Waals surface area contributed by atoms with Crippen LogP contribution in [0.15, 0.2) is 267 Å². The molecule has 0 radical (unpaired) electrons. The normalized spacial score (nSPS) is 11.9. The van der Waals surface area contributed by atoms with Crippen LogP contribution in [0.2, 0.25) is 0 Å². The van der Waals surface area contributed by atoms with E-state index < -0.39 is 0 Å². The molecule has 0 saturated heterocycles. The lowest BCUT2D eigenvalue weighted by Gasteiger charge is -2.20. The van der Waals surface area contributed by atoms with Crippen molar-refractivity contribution < 1.29 is 0 Å². The first-order valence-corrected chi connectivity index (χ1v) is 24.9. The molecule has 0 bridgehead atoms. The molecule has 334 valence electrons. The minimum absolute atomic E-state index is 1.14. The molecule has 0 atom stereocenters. The van der Waals surface area contributed by atoms with Crippen molar-refractivity contribution in [3.63, 3.8) is 0 Å². The maximum Gasteiger partial charge on any atom is 0.0619 e. The van der Waals surface area contributed by atoms with Crippen molar-refractivity contribution in [1.82, 2.24) is 9.13 Å². The summed E-state index contributed by atoms with van der Waals surface area (Å²) < 4.78 is 4.99. The molecule has 0 N–H and O–H groups in total. The van der Waals surface area contributed by atoms with Gasteiger partial charge in [0.1, 0.15) is 0 Å². The molecule has 0 spiro atoms. The molecule has 0 amide bonds. The number of hydrogen-bond acceptors (Lipinski definition) is 0. The van der Waals surface area contributed by atoms with Gasteiger partial charge in [-0.2, -0.15) is 0 Å². The van der Waals surface area contributed by atoms with E-state index in [1.54, 1.807) is 0 Å². The smallest absolute Gasteiger partial charge is 0.0619 e. The number of aromatic nitrogens is 2. The third-order valence-corrected chi connectivity index (χ3v) is 15.3. The average Bonchev–Trinajstić information content (AvgIpc) is 3.99. The number of para-hydroxylation sites is 4. The first kappa shape index (κ1) is 40.4. The van der Waals surface area contributed by atoms with E-state index >= 15 is 0 Å². The molecule has 15 aromatic rings. The van der Waals surface area contributed by atoms with Crippen LogP contribution in [-0.4, -0.2) is 9.13 Å². The van der Waals surface area contributed by atoms with Crippen LogP contribution in [0.25, 0.3) is 143 Å². The van der Waals surface area contributed by atoms with Crippen LogP contribution in [0.5, 0.6) is 0 Å². The van der Waals surface area contributed by atoms with Gasteiger partial charge in [-0.25, -0.2) is 0 Å². The number of nitrogens with zero attached hydrogens (tertiary/aromatic N) is 2. The van der Waals surface area contributed by atoms with Crippen LogP contribution in [0, 0.1) is 0 Å². The third kappa shape index (κ3) is 5.96. The second-order valence-corrected chi connectivity index (χ2v) is 19.1. The highest BCUT2D eigenvalue weighted by Crippen LogP contribution is 2.50. The van der Waals surface area contributed by atoms with Gasteiger partial charge in [-0.15, -0.1) is 0 Å². The lowest BCUT2D eigenvalue weighted by Crippen LogP contribution is -1.97. The molecule has 0 unspecified atom stereocenters. The van der Waals surface area contributed by atoms with Gasteiger partial charge in [-0.05, 0) is 119 Å². The van der Waals surface area contributed by atoms with Crippen molar-refractivity contribution in [2.24, 2.45) is 0 Å². The molecule has 0 saturated carbocycles. The molecule has 0 fully saturated rings. The maximum atomic E-state index is 2.51. The average molecular weight is 913 g/mol. The van der Waals surface area contributed by atoms with Crippen LogP contribution in [0.1, 0.15) is 0 Å². The van der Waals surface area contributed by atoms with Crippen LogP contribution < -0.4 is 0 Å². The van der Waals surface area contributed by atoms with Gasteiger partial charge in [0.25, 0.3) is 0 Å². The van der Waals surface area contributed by atoms with Crippen molar-refractivity contribution >= 4 is 86.7 Å². The number of hydrogen-bond donors (Lipinski definition) is 0. The Kier molecular flexibility index (Phi) is 8.99. The van der Waals surface area contributed by atoms with Gasteiger partial charge in [0, 0.05) is 44.0 Å². The molecule has 13 aromatic carbocycles. The predicted molar refractivity (Wildman–Crippen MR) is 307 cm³/mol. The summed E-state index contributed by atoms with van der Waals surface area (Å²) in [4.78, 5) is 0. The minimum Gasteiger partial charge on any atom is -0.309 e. The zero-order valence-electron chi connectivity index (χ0n) is 39.3. The van der Waals surface area contributed by atoms with E-state index in [1.165, 1.54) is 131 Å². The van der Waals surface area contributed by atoms with Gasteiger partial charge in [0.05, 0.1) is 22.1 Å². The Bertz CT molecular complexity index is 4400. The first-order chi connectivity index (χ1) is 35.8. The highest BCUT2D eigenvalue weighted by Gasteiger charge is 2.24. The lowest BCUT2D eigenvalue weighted by molar-refractivity contribution is 1.18.